The molecule has 0 heterocycles. The van der Waals surface area contributed by atoms with Crippen molar-refractivity contribution in [1.82, 2.24) is 0 Å². The van der Waals surface area contributed by atoms with Gasteiger partial charge in [-0.05, 0) is 13.0 Å². The van der Waals surface area contributed by atoms with Gasteiger partial charge in [0.25, 0.3) is 0 Å². The Kier molecular flexibility index (Phi) is 4.24. The van der Waals surface area contributed by atoms with E-state index in [4.69, 9.17) is 22.9 Å². The summed E-state index contributed by atoms with van der Waals surface area (Å²) in [6.07, 6.45) is 0.277. The van der Waals surface area contributed by atoms with Crippen LogP contribution in [0.15, 0.2) is 0 Å². The highest BCUT2D eigenvalue weighted by Crippen LogP contribution is 2.04. The molecule has 2 atom stereocenters. The maximum Gasteiger partial charge on any atom is 0.235 e. The Morgan fingerprint density at radius 2 is 1.67 bits per heavy atom. The van der Waals surface area contributed by atoms with Crippen LogP contribution >= 0.6 is 0 Å². The Bertz CT molecular complexity index is 182. The standard InChI is InChI=1S/C6H14N4O2/c7-2-1-3(5(9)11)4(8)6(10)12/h3-4H,1-2,7-8H2,(H2,9,11)(H2,10,12). The molecule has 2 amide bonds. The Morgan fingerprint density at radius 3 is 1.92 bits per heavy atom. The lowest BCUT2D eigenvalue weighted by Crippen LogP contribution is -2.48. The van der Waals surface area contributed by atoms with E-state index in [1.54, 1.807) is 0 Å². The number of amides is 2. The number of rotatable bonds is 5. The molecule has 0 bridgehead atoms. The minimum atomic E-state index is -1.04. The molecule has 2 unspecified atom stereocenters. The van der Waals surface area contributed by atoms with Crippen LogP contribution in [0.1, 0.15) is 6.42 Å². The SMILES string of the molecule is NCCC(C(N)=O)C(N)C(N)=O. The molecule has 0 saturated carbocycles. The zero-order valence-electron chi connectivity index (χ0n) is 6.69. The van der Waals surface area contributed by atoms with Gasteiger partial charge in [0.05, 0.1) is 12.0 Å². The molecule has 6 nitrogen and oxygen atoms in total. The van der Waals surface area contributed by atoms with Gasteiger partial charge in [0, 0.05) is 0 Å². The summed E-state index contributed by atoms with van der Waals surface area (Å²) in [6.45, 7) is 0.245. The maximum absolute atomic E-state index is 10.7. The van der Waals surface area contributed by atoms with Crippen LogP contribution in [-0.2, 0) is 9.59 Å². The largest absolute Gasteiger partial charge is 0.369 e. The molecule has 0 aromatic carbocycles. The normalized spacial score (nSPS) is 15.2. The average Bonchev–Trinajstić information content (AvgIpc) is 1.98. The molecule has 6 heteroatoms. The topological polar surface area (TPSA) is 138 Å². The van der Waals surface area contributed by atoms with Gasteiger partial charge in [-0.25, -0.2) is 0 Å². The highest BCUT2D eigenvalue weighted by Gasteiger charge is 2.26. The number of primary amides is 2. The van der Waals surface area contributed by atoms with Crippen molar-refractivity contribution in [2.75, 3.05) is 6.54 Å². The minimum absolute atomic E-state index is 0.245. The van der Waals surface area contributed by atoms with Gasteiger partial charge in [0.2, 0.25) is 11.8 Å². The molecule has 0 aromatic heterocycles. The van der Waals surface area contributed by atoms with Gasteiger partial charge in [0.1, 0.15) is 0 Å². The molecule has 0 rings (SSSR count). The quantitative estimate of drug-likeness (QED) is 0.359. The molecule has 0 fully saturated rings. The van der Waals surface area contributed by atoms with Gasteiger partial charge in [-0.2, -0.15) is 0 Å². The van der Waals surface area contributed by atoms with E-state index >= 15 is 0 Å². The lowest BCUT2D eigenvalue weighted by Gasteiger charge is -2.16. The molecule has 70 valence electrons. The van der Waals surface area contributed by atoms with Crippen LogP contribution in [0.3, 0.4) is 0 Å². The molecule has 0 aliphatic rings. The van der Waals surface area contributed by atoms with Crippen LogP contribution in [0, 0.1) is 5.92 Å². The van der Waals surface area contributed by atoms with Gasteiger partial charge in [-0.15, -0.1) is 0 Å². The first-order valence-corrected chi connectivity index (χ1v) is 3.55. The van der Waals surface area contributed by atoms with Crippen LogP contribution in [0.4, 0.5) is 0 Å². The number of hydrogen-bond donors (Lipinski definition) is 4. The molecule has 0 aromatic rings. The van der Waals surface area contributed by atoms with Gasteiger partial charge in [0.15, 0.2) is 0 Å². The van der Waals surface area contributed by atoms with Crippen molar-refractivity contribution in [3.05, 3.63) is 0 Å². The lowest BCUT2D eigenvalue weighted by molar-refractivity contribution is -0.128. The fraction of sp³-hybridized carbons (Fsp3) is 0.667. The zero-order valence-corrected chi connectivity index (χ0v) is 6.69. The summed E-state index contributed by atoms with van der Waals surface area (Å²) in [7, 11) is 0. The second-order valence-corrected chi connectivity index (χ2v) is 2.51. The molecule has 0 aliphatic carbocycles. The number of carbonyl (C=O) groups excluding carboxylic acids is 2. The van der Waals surface area contributed by atoms with E-state index < -0.39 is 23.8 Å². The summed E-state index contributed by atoms with van der Waals surface area (Å²) in [5.74, 6) is -2.15. The molecule has 8 N–H and O–H groups in total. The maximum atomic E-state index is 10.7. The Hall–Kier alpha value is -1.14. The van der Waals surface area contributed by atoms with Gasteiger partial charge >= 0.3 is 0 Å². The third-order valence-electron chi connectivity index (χ3n) is 1.61. The van der Waals surface area contributed by atoms with Crippen molar-refractivity contribution in [3.8, 4) is 0 Å². The molecule has 0 radical (unpaired) electrons. The van der Waals surface area contributed by atoms with Crippen molar-refractivity contribution in [2.24, 2.45) is 28.9 Å². The fourth-order valence-corrected chi connectivity index (χ4v) is 0.877. The predicted molar refractivity (Wildman–Crippen MR) is 43.5 cm³/mol. The number of nitrogens with two attached hydrogens (primary N) is 4. The first-order chi connectivity index (χ1) is 5.50. The molecule has 0 spiro atoms. The number of hydrogen-bond acceptors (Lipinski definition) is 4. The van der Waals surface area contributed by atoms with Crippen molar-refractivity contribution in [2.45, 2.75) is 12.5 Å². The van der Waals surface area contributed by atoms with E-state index in [9.17, 15) is 9.59 Å². The van der Waals surface area contributed by atoms with Crippen LogP contribution in [-0.4, -0.2) is 24.4 Å². The lowest BCUT2D eigenvalue weighted by atomic mass is 9.96. The highest BCUT2D eigenvalue weighted by atomic mass is 16.2. The first kappa shape index (κ1) is 10.9. The first-order valence-electron chi connectivity index (χ1n) is 3.55. The van der Waals surface area contributed by atoms with Crippen LogP contribution in [0.2, 0.25) is 0 Å². The van der Waals surface area contributed by atoms with E-state index in [0.717, 1.165) is 0 Å². The fourth-order valence-electron chi connectivity index (χ4n) is 0.877. The van der Waals surface area contributed by atoms with E-state index in [1.165, 1.54) is 0 Å². The van der Waals surface area contributed by atoms with Crippen LogP contribution in [0.25, 0.3) is 0 Å². The summed E-state index contributed by atoms with van der Waals surface area (Å²) < 4.78 is 0. The Balaban J connectivity index is 4.28. The summed E-state index contributed by atoms with van der Waals surface area (Å²) >= 11 is 0. The van der Waals surface area contributed by atoms with Crippen LogP contribution in [0.5, 0.6) is 0 Å². The number of carbonyl (C=O) groups is 2. The van der Waals surface area contributed by atoms with E-state index in [2.05, 4.69) is 0 Å². The molecule has 0 saturated heterocycles. The average molecular weight is 174 g/mol. The van der Waals surface area contributed by atoms with E-state index in [-0.39, 0.29) is 13.0 Å². The Morgan fingerprint density at radius 1 is 1.17 bits per heavy atom. The zero-order chi connectivity index (χ0) is 9.72. The summed E-state index contributed by atoms with van der Waals surface area (Å²) in [5.41, 5.74) is 20.4. The van der Waals surface area contributed by atoms with Crippen molar-refractivity contribution in [3.63, 3.8) is 0 Å². The van der Waals surface area contributed by atoms with Crippen molar-refractivity contribution in [1.29, 1.82) is 0 Å². The molecular weight excluding hydrogens is 160 g/mol. The molecular formula is C6H14N4O2. The second-order valence-electron chi connectivity index (χ2n) is 2.51. The smallest absolute Gasteiger partial charge is 0.235 e. The summed E-state index contributed by atoms with van der Waals surface area (Å²) in [6, 6.07) is -1.04. The second kappa shape index (κ2) is 4.68. The summed E-state index contributed by atoms with van der Waals surface area (Å²) in [4.78, 5) is 21.3. The highest BCUT2D eigenvalue weighted by molar-refractivity contribution is 5.88. The minimum Gasteiger partial charge on any atom is -0.369 e. The van der Waals surface area contributed by atoms with Crippen molar-refractivity contribution >= 4 is 11.8 Å². The van der Waals surface area contributed by atoms with E-state index in [0.29, 0.717) is 0 Å². The Labute approximate surface area is 70.2 Å². The van der Waals surface area contributed by atoms with Gasteiger partial charge in [-0.1, -0.05) is 0 Å². The van der Waals surface area contributed by atoms with Gasteiger partial charge < -0.3 is 22.9 Å². The summed E-state index contributed by atoms with van der Waals surface area (Å²) in [5, 5.41) is 0. The molecule has 0 aliphatic heterocycles. The predicted octanol–water partition coefficient (Wildman–Crippen LogP) is -2.75. The molecule has 12 heavy (non-hydrogen) atoms. The van der Waals surface area contributed by atoms with Crippen LogP contribution < -0.4 is 22.9 Å². The van der Waals surface area contributed by atoms with E-state index in [1.807, 2.05) is 0 Å². The monoisotopic (exact) mass is 174 g/mol. The third-order valence-corrected chi connectivity index (χ3v) is 1.61. The van der Waals surface area contributed by atoms with Crippen molar-refractivity contribution < 1.29 is 9.59 Å². The third kappa shape index (κ3) is 2.85. The van der Waals surface area contributed by atoms with Gasteiger partial charge in [-0.3, -0.25) is 9.59 Å².